The number of pyridine rings is 1. The lowest BCUT2D eigenvalue weighted by atomic mass is 10.1. The van der Waals surface area contributed by atoms with Gasteiger partial charge in [-0.25, -0.2) is 4.98 Å². The molecule has 0 fully saturated rings. The zero-order valence-electron chi connectivity index (χ0n) is 11.2. The number of hydrogen-bond donors (Lipinski definition) is 0. The number of fused-ring (bicyclic) bond motifs is 1. The molecule has 2 nitrogen and oxygen atoms in total. The van der Waals surface area contributed by atoms with Crippen LogP contribution in [0.5, 0.6) is 0 Å². The molecule has 0 N–H and O–H groups in total. The van der Waals surface area contributed by atoms with Crippen molar-refractivity contribution < 1.29 is 0 Å². The molecule has 2 rings (SSSR count). The Balaban J connectivity index is 2.69. The second-order valence-electron chi connectivity index (χ2n) is 4.53. The minimum absolute atomic E-state index is 0.965. The standard InChI is InChI=1S/C15H14BrIN2S/c1-4-11(6-5-10(2)3)14-9-19(20-17)15-13(14)7-12(16)8-18-15/h4-9H,1H2,2-3H3/b11-6+. The van der Waals surface area contributed by atoms with Gasteiger partial charge in [-0.3, -0.25) is 3.97 Å². The van der Waals surface area contributed by atoms with Crippen molar-refractivity contribution in [1.82, 2.24) is 8.96 Å². The second-order valence-corrected chi connectivity index (χ2v) is 7.16. The normalized spacial score (nSPS) is 11.7. The fourth-order valence-electron chi connectivity index (χ4n) is 1.86. The summed E-state index contributed by atoms with van der Waals surface area (Å²) in [7, 11) is 1.61. The Morgan fingerprint density at radius 3 is 2.80 bits per heavy atom. The van der Waals surface area contributed by atoms with Crippen LogP contribution in [0.1, 0.15) is 19.4 Å². The lowest BCUT2D eigenvalue weighted by Gasteiger charge is -1.99. The van der Waals surface area contributed by atoms with Crippen LogP contribution in [0.3, 0.4) is 0 Å². The zero-order chi connectivity index (χ0) is 14.7. The third-order valence-corrected chi connectivity index (χ3v) is 4.91. The quantitative estimate of drug-likeness (QED) is 0.400. The Kier molecular flexibility index (Phi) is 5.51. The van der Waals surface area contributed by atoms with Gasteiger partial charge in [-0.2, -0.15) is 0 Å². The van der Waals surface area contributed by atoms with Gasteiger partial charge in [0.05, 0.1) is 0 Å². The van der Waals surface area contributed by atoms with Crippen LogP contribution in [0.15, 0.2) is 53.3 Å². The predicted molar refractivity (Wildman–Crippen MR) is 102 cm³/mol. The van der Waals surface area contributed by atoms with E-state index in [4.69, 9.17) is 0 Å². The van der Waals surface area contributed by atoms with Gasteiger partial charge in [0.1, 0.15) is 0 Å². The van der Waals surface area contributed by atoms with Crippen LogP contribution in [0, 0.1) is 0 Å². The third-order valence-electron chi connectivity index (χ3n) is 2.78. The fraction of sp³-hybridized carbons (Fsp3) is 0.133. The molecule has 0 bridgehead atoms. The number of rotatable bonds is 4. The average molecular weight is 461 g/mol. The maximum atomic E-state index is 4.50. The van der Waals surface area contributed by atoms with Crippen molar-refractivity contribution in [3.63, 3.8) is 0 Å². The Hall–Kier alpha value is -0.530. The fourth-order valence-corrected chi connectivity index (χ4v) is 3.45. The molecule has 104 valence electrons. The van der Waals surface area contributed by atoms with Crippen LogP contribution in [-0.4, -0.2) is 8.96 Å². The summed E-state index contributed by atoms with van der Waals surface area (Å²) < 4.78 is 3.05. The van der Waals surface area contributed by atoms with Crippen LogP contribution in [0.4, 0.5) is 0 Å². The van der Waals surface area contributed by atoms with Gasteiger partial charge in [0, 0.05) is 58.1 Å². The molecule has 0 aliphatic carbocycles. The Bertz CT molecular complexity index is 712. The van der Waals surface area contributed by atoms with Gasteiger partial charge >= 0.3 is 0 Å². The molecule has 0 amide bonds. The van der Waals surface area contributed by atoms with Crippen LogP contribution in [0.2, 0.25) is 0 Å². The maximum Gasteiger partial charge on any atom is 0.151 e. The van der Waals surface area contributed by atoms with Crippen molar-refractivity contribution in [2.45, 2.75) is 13.8 Å². The van der Waals surface area contributed by atoms with Gasteiger partial charge in [-0.15, -0.1) is 0 Å². The molecule has 0 radical (unpaired) electrons. The SMILES string of the molecule is C=C/C(=C\C=C(C)C)c1cn(SI)c2ncc(Br)cc12. The Labute approximate surface area is 143 Å². The van der Waals surface area contributed by atoms with Crippen molar-refractivity contribution >= 4 is 62.9 Å². The maximum absolute atomic E-state index is 4.50. The summed E-state index contributed by atoms with van der Waals surface area (Å²) >= 11 is 5.75. The molecule has 0 saturated heterocycles. The van der Waals surface area contributed by atoms with Crippen molar-refractivity contribution in [3.8, 4) is 0 Å². The van der Waals surface area contributed by atoms with Gasteiger partial charge in [-0.1, -0.05) is 30.4 Å². The van der Waals surface area contributed by atoms with Crippen LogP contribution < -0.4 is 0 Å². The van der Waals surface area contributed by atoms with E-state index in [-0.39, 0.29) is 0 Å². The summed E-state index contributed by atoms with van der Waals surface area (Å²) in [6.45, 7) is 8.10. The molecule has 0 saturated carbocycles. The van der Waals surface area contributed by atoms with Gasteiger partial charge in [-0.05, 0) is 41.4 Å². The summed E-state index contributed by atoms with van der Waals surface area (Å²) in [4.78, 5) is 4.50. The second kappa shape index (κ2) is 6.95. The van der Waals surface area contributed by atoms with Crippen molar-refractivity contribution in [2.75, 3.05) is 0 Å². The summed E-state index contributed by atoms with van der Waals surface area (Å²) in [5, 5.41) is 1.12. The Morgan fingerprint density at radius 1 is 1.45 bits per heavy atom. The first-order valence-corrected chi connectivity index (χ1v) is 10.1. The van der Waals surface area contributed by atoms with Crippen molar-refractivity contribution in [3.05, 3.63) is 58.9 Å². The Morgan fingerprint density at radius 2 is 2.20 bits per heavy atom. The van der Waals surface area contributed by atoms with E-state index in [0.717, 1.165) is 26.6 Å². The zero-order valence-corrected chi connectivity index (χ0v) is 15.8. The van der Waals surface area contributed by atoms with E-state index in [1.54, 1.807) is 9.12 Å². The van der Waals surface area contributed by atoms with E-state index in [1.807, 2.05) is 12.3 Å². The molecule has 2 aromatic heterocycles. The first-order chi connectivity index (χ1) is 9.56. The molecule has 0 aliphatic heterocycles. The molecule has 2 aromatic rings. The molecule has 20 heavy (non-hydrogen) atoms. The molecule has 0 atom stereocenters. The molecule has 2 heterocycles. The largest absolute Gasteiger partial charge is 0.265 e. The highest BCUT2D eigenvalue weighted by molar-refractivity contribution is 14.2. The lowest BCUT2D eigenvalue weighted by molar-refractivity contribution is 1.26. The van der Waals surface area contributed by atoms with Gasteiger partial charge in [0.25, 0.3) is 0 Å². The van der Waals surface area contributed by atoms with Crippen LogP contribution in [0.25, 0.3) is 16.6 Å². The summed E-state index contributed by atoms with van der Waals surface area (Å²) in [6.07, 6.45) is 10.0. The van der Waals surface area contributed by atoms with E-state index in [0.29, 0.717) is 0 Å². The van der Waals surface area contributed by atoms with E-state index < -0.39 is 0 Å². The van der Waals surface area contributed by atoms with Crippen molar-refractivity contribution in [2.24, 2.45) is 0 Å². The number of allylic oxidation sites excluding steroid dienone is 5. The summed E-state index contributed by atoms with van der Waals surface area (Å²) in [6, 6.07) is 2.10. The van der Waals surface area contributed by atoms with Crippen LogP contribution >= 0.6 is 46.3 Å². The minimum Gasteiger partial charge on any atom is -0.265 e. The van der Waals surface area contributed by atoms with E-state index >= 15 is 0 Å². The van der Waals surface area contributed by atoms with Gasteiger partial charge in [0.15, 0.2) is 5.65 Å². The number of hydrogen-bond acceptors (Lipinski definition) is 2. The third kappa shape index (κ3) is 3.38. The summed E-state index contributed by atoms with van der Waals surface area (Å²) in [5.74, 6) is 0. The summed E-state index contributed by atoms with van der Waals surface area (Å²) in [5.41, 5.74) is 4.47. The van der Waals surface area contributed by atoms with Gasteiger partial charge < -0.3 is 0 Å². The average Bonchev–Trinajstić information content (AvgIpc) is 2.77. The predicted octanol–water partition coefficient (Wildman–Crippen LogP) is 6.18. The highest BCUT2D eigenvalue weighted by Gasteiger charge is 2.12. The smallest absolute Gasteiger partial charge is 0.151 e. The molecule has 0 unspecified atom stereocenters. The first kappa shape index (κ1) is 15.9. The molecule has 5 heteroatoms. The van der Waals surface area contributed by atoms with Crippen LogP contribution in [-0.2, 0) is 0 Å². The molecule has 0 aliphatic rings. The van der Waals surface area contributed by atoms with E-state index in [9.17, 15) is 0 Å². The lowest BCUT2D eigenvalue weighted by Crippen LogP contribution is -1.82. The van der Waals surface area contributed by atoms with E-state index in [1.165, 1.54) is 5.57 Å². The number of nitrogens with zero attached hydrogens (tertiary/aromatic N) is 2. The first-order valence-electron chi connectivity index (χ1n) is 6.00. The minimum atomic E-state index is 0.965. The molecule has 0 aromatic carbocycles. The number of aromatic nitrogens is 2. The highest BCUT2D eigenvalue weighted by atomic mass is 127. The topological polar surface area (TPSA) is 17.8 Å². The van der Waals surface area contributed by atoms with E-state index in [2.05, 4.69) is 90.9 Å². The number of halogens is 2. The molecule has 0 spiro atoms. The highest BCUT2D eigenvalue weighted by Crippen LogP contribution is 2.33. The van der Waals surface area contributed by atoms with Crippen molar-refractivity contribution in [1.29, 1.82) is 0 Å². The van der Waals surface area contributed by atoms with Gasteiger partial charge in [0.2, 0.25) is 0 Å². The molecular formula is C15H14BrIN2S. The molecular weight excluding hydrogens is 447 g/mol. The monoisotopic (exact) mass is 460 g/mol.